The number of rotatable bonds is 5. The Bertz CT molecular complexity index is 827. The predicted molar refractivity (Wildman–Crippen MR) is 85.1 cm³/mol. The Kier molecular flexibility index (Phi) is 4.41. The minimum Gasteiger partial charge on any atom is -0.344 e. The van der Waals surface area contributed by atoms with Gasteiger partial charge in [0.1, 0.15) is 5.69 Å². The van der Waals surface area contributed by atoms with Crippen LogP contribution >= 0.6 is 0 Å². The number of halogens is 2. The highest BCUT2D eigenvalue weighted by molar-refractivity contribution is 5.92. The Morgan fingerprint density at radius 2 is 1.92 bits per heavy atom. The number of alkyl halides is 2. The molecule has 0 aliphatic carbocycles. The monoisotopic (exact) mass is 330 g/mol. The first-order chi connectivity index (χ1) is 11.6. The number of hydrogen-bond acceptors (Lipinski definition) is 2. The van der Waals surface area contributed by atoms with Gasteiger partial charge in [0, 0.05) is 24.3 Å². The normalized spacial score (nSPS) is 12.3. The van der Waals surface area contributed by atoms with Gasteiger partial charge in [-0.3, -0.25) is 4.79 Å². The lowest BCUT2D eigenvalue weighted by Gasteiger charge is -2.16. The molecule has 0 bridgehead atoms. The van der Waals surface area contributed by atoms with Gasteiger partial charge in [0.25, 0.3) is 5.91 Å². The third-order valence-corrected chi connectivity index (χ3v) is 3.71. The van der Waals surface area contributed by atoms with Gasteiger partial charge in [0.2, 0.25) is 0 Å². The molecule has 0 radical (unpaired) electrons. The standard InChI is InChI=1S/C17H16F2N4O/c1-12(21-16(24)15-7-8-20-23(15)17(18)19)13-5-4-6-14(11-13)22-9-2-3-10-22/h2-12,17H,1H3,(H,21,24). The maximum absolute atomic E-state index is 12.8. The third kappa shape index (κ3) is 3.19. The molecule has 1 amide bonds. The summed E-state index contributed by atoms with van der Waals surface area (Å²) < 4.78 is 28.0. The van der Waals surface area contributed by atoms with Gasteiger partial charge in [-0.15, -0.1) is 0 Å². The van der Waals surface area contributed by atoms with Crippen LogP contribution < -0.4 is 5.32 Å². The molecule has 0 aliphatic rings. The van der Waals surface area contributed by atoms with Crippen LogP contribution in [0.15, 0.2) is 61.1 Å². The predicted octanol–water partition coefficient (Wildman–Crippen LogP) is 3.56. The molecule has 0 fully saturated rings. The molecule has 3 aromatic rings. The SMILES string of the molecule is CC(NC(=O)c1ccnn1C(F)F)c1cccc(-n2cccc2)c1. The van der Waals surface area contributed by atoms with Crippen molar-refractivity contribution in [1.82, 2.24) is 19.7 Å². The summed E-state index contributed by atoms with van der Waals surface area (Å²) in [6, 6.07) is 12.4. The summed E-state index contributed by atoms with van der Waals surface area (Å²) in [6.07, 6.45) is 5.02. The van der Waals surface area contributed by atoms with Crippen molar-refractivity contribution in [1.29, 1.82) is 0 Å². The van der Waals surface area contributed by atoms with Crippen molar-refractivity contribution < 1.29 is 13.6 Å². The zero-order valence-electron chi connectivity index (χ0n) is 12.9. The molecule has 1 unspecified atom stereocenters. The van der Waals surface area contributed by atoms with E-state index in [4.69, 9.17) is 0 Å². The van der Waals surface area contributed by atoms with E-state index in [1.54, 1.807) is 6.92 Å². The maximum atomic E-state index is 12.8. The fourth-order valence-corrected chi connectivity index (χ4v) is 2.46. The van der Waals surface area contributed by atoms with Crippen LogP contribution in [0.25, 0.3) is 5.69 Å². The van der Waals surface area contributed by atoms with E-state index in [9.17, 15) is 13.6 Å². The Morgan fingerprint density at radius 1 is 1.17 bits per heavy atom. The van der Waals surface area contributed by atoms with Crippen LogP contribution in [0.4, 0.5) is 8.78 Å². The number of benzene rings is 1. The summed E-state index contributed by atoms with van der Waals surface area (Å²) in [5, 5.41) is 6.19. The summed E-state index contributed by atoms with van der Waals surface area (Å²) in [5.41, 5.74) is 1.66. The lowest BCUT2D eigenvalue weighted by molar-refractivity contribution is 0.0507. The number of aromatic nitrogens is 3. The number of nitrogens with one attached hydrogen (secondary N) is 1. The molecule has 0 aliphatic heterocycles. The van der Waals surface area contributed by atoms with E-state index >= 15 is 0 Å². The highest BCUT2D eigenvalue weighted by Crippen LogP contribution is 2.18. The number of carbonyl (C=O) groups excluding carboxylic acids is 1. The highest BCUT2D eigenvalue weighted by Gasteiger charge is 2.19. The third-order valence-electron chi connectivity index (χ3n) is 3.71. The molecular formula is C17H16F2N4O. The fourth-order valence-electron chi connectivity index (χ4n) is 2.46. The summed E-state index contributed by atoms with van der Waals surface area (Å²) in [6.45, 7) is -1.05. The number of carbonyl (C=O) groups is 1. The summed E-state index contributed by atoms with van der Waals surface area (Å²) >= 11 is 0. The van der Waals surface area contributed by atoms with Gasteiger partial charge in [0.15, 0.2) is 0 Å². The molecule has 3 rings (SSSR count). The van der Waals surface area contributed by atoms with Crippen LogP contribution in [0.1, 0.15) is 35.6 Å². The van der Waals surface area contributed by atoms with Gasteiger partial charge in [-0.2, -0.15) is 18.6 Å². The summed E-state index contributed by atoms with van der Waals surface area (Å²) in [5.74, 6) is -0.591. The van der Waals surface area contributed by atoms with Crippen LogP contribution in [-0.4, -0.2) is 20.3 Å². The molecule has 24 heavy (non-hydrogen) atoms. The molecule has 1 atom stereocenters. The smallest absolute Gasteiger partial charge is 0.333 e. The van der Waals surface area contributed by atoms with Crippen molar-refractivity contribution in [2.45, 2.75) is 19.5 Å². The highest BCUT2D eigenvalue weighted by atomic mass is 19.3. The minimum absolute atomic E-state index is 0.168. The minimum atomic E-state index is -2.85. The van der Waals surface area contributed by atoms with Gasteiger partial charge < -0.3 is 9.88 Å². The largest absolute Gasteiger partial charge is 0.344 e. The number of amides is 1. The molecule has 2 heterocycles. The Morgan fingerprint density at radius 3 is 2.62 bits per heavy atom. The Balaban J connectivity index is 1.77. The van der Waals surface area contributed by atoms with Crippen molar-refractivity contribution in [3.05, 3.63) is 72.3 Å². The molecule has 0 saturated carbocycles. The first-order valence-corrected chi connectivity index (χ1v) is 7.42. The van der Waals surface area contributed by atoms with E-state index in [0.717, 1.165) is 11.3 Å². The van der Waals surface area contributed by atoms with Crippen molar-refractivity contribution in [3.63, 3.8) is 0 Å². The van der Waals surface area contributed by atoms with Crippen LogP contribution in [-0.2, 0) is 0 Å². The molecule has 5 nitrogen and oxygen atoms in total. The van der Waals surface area contributed by atoms with Gasteiger partial charge in [-0.1, -0.05) is 12.1 Å². The topological polar surface area (TPSA) is 51.9 Å². The number of hydrogen-bond donors (Lipinski definition) is 1. The van der Waals surface area contributed by atoms with Crippen molar-refractivity contribution in [2.24, 2.45) is 0 Å². The van der Waals surface area contributed by atoms with E-state index in [2.05, 4.69) is 10.4 Å². The number of nitrogens with zero attached hydrogens (tertiary/aromatic N) is 3. The van der Waals surface area contributed by atoms with Crippen molar-refractivity contribution in [3.8, 4) is 5.69 Å². The molecule has 1 N–H and O–H groups in total. The van der Waals surface area contributed by atoms with Crippen molar-refractivity contribution >= 4 is 5.91 Å². The lowest BCUT2D eigenvalue weighted by Crippen LogP contribution is -2.29. The second-order valence-corrected chi connectivity index (χ2v) is 5.32. The summed E-state index contributed by atoms with van der Waals surface area (Å²) in [7, 11) is 0. The zero-order valence-corrected chi connectivity index (χ0v) is 12.9. The first kappa shape index (κ1) is 15.9. The molecule has 0 spiro atoms. The van der Waals surface area contributed by atoms with E-state index in [0.29, 0.717) is 4.68 Å². The van der Waals surface area contributed by atoms with E-state index in [1.807, 2.05) is 53.4 Å². The van der Waals surface area contributed by atoms with Crippen LogP contribution in [0, 0.1) is 0 Å². The van der Waals surface area contributed by atoms with Crippen molar-refractivity contribution in [2.75, 3.05) is 0 Å². The van der Waals surface area contributed by atoms with E-state index in [-0.39, 0.29) is 11.7 Å². The van der Waals surface area contributed by atoms with Gasteiger partial charge in [0.05, 0.1) is 6.04 Å². The van der Waals surface area contributed by atoms with Gasteiger partial charge in [-0.05, 0) is 42.8 Å². The van der Waals surface area contributed by atoms with Crippen LogP contribution in [0.3, 0.4) is 0 Å². The quantitative estimate of drug-likeness (QED) is 0.778. The van der Waals surface area contributed by atoms with E-state index in [1.165, 1.54) is 12.3 Å². The van der Waals surface area contributed by atoms with Crippen LogP contribution in [0.2, 0.25) is 0 Å². The van der Waals surface area contributed by atoms with E-state index < -0.39 is 12.5 Å². The fraction of sp³-hybridized carbons (Fsp3) is 0.176. The average Bonchev–Trinajstić information content (AvgIpc) is 3.26. The Hall–Kier alpha value is -2.96. The maximum Gasteiger partial charge on any atom is 0.333 e. The molecule has 7 heteroatoms. The van der Waals surface area contributed by atoms with Gasteiger partial charge >= 0.3 is 6.55 Å². The molecule has 2 aromatic heterocycles. The average molecular weight is 330 g/mol. The Labute approximate surface area is 137 Å². The molecule has 124 valence electrons. The lowest BCUT2D eigenvalue weighted by atomic mass is 10.1. The molecular weight excluding hydrogens is 314 g/mol. The summed E-state index contributed by atoms with van der Waals surface area (Å²) in [4.78, 5) is 12.2. The van der Waals surface area contributed by atoms with Crippen LogP contribution in [0.5, 0.6) is 0 Å². The molecule has 1 aromatic carbocycles. The van der Waals surface area contributed by atoms with Gasteiger partial charge in [-0.25, -0.2) is 0 Å². The molecule has 0 saturated heterocycles. The first-order valence-electron chi connectivity index (χ1n) is 7.42. The second-order valence-electron chi connectivity index (χ2n) is 5.32. The second kappa shape index (κ2) is 6.66. The zero-order chi connectivity index (χ0) is 17.1.